The number of hydrogen-bond acceptors (Lipinski definition) is 2. The summed E-state index contributed by atoms with van der Waals surface area (Å²) in [6.07, 6.45) is 5.84. The van der Waals surface area contributed by atoms with Crippen molar-refractivity contribution in [1.82, 2.24) is 0 Å². The van der Waals surface area contributed by atoms with E-state index in [1.54, 1.807) is 0 Å². The lowest BCUT2D eigenvalue weighted by atomic mass is 10.1. The molecule has 2 rings (SSSR count). The smallest absolute Gasteiger partial charge is 0.120 e. The Morgan fingerprint density at radius 3 is 2.61 bits per heavy atom. The van der Waals surface area contributed by atoms with Crippen molar-refractivity contribution in [3.63, 3.8) is 0 Å². The van der Waals surface area contributed by atoms with E-state index in [1.807, 2.05) is 0 Å². The molecule has 0 bridgehead atoms. The monoisotopic (exact) mass is 247 g/mol. The van der Waals surface area contributed by atoms with Crippen LogP contribution >= 0.6 is 0 Å². The number of nitrogens with one attached hydrogen (secondary N) is 1. The molecule has 1 aromatic carbocycles. The van der Waals surface area contributed by atoms with Crippen LogP contribution in [0.1, 0.15) is 45.1 Å². The van der Waals surface area contributed by atoms with Crippen LogP contribution < -0.4 is 10.1 Å². The van der Waals surface area contributed by atoms with Gasteiger partial charge in [0.15, 0.2) is 0 Å². The molecule has 2 heteroatoms. The molecule has 1 saturated carbocycles. The Bertz CT molecular complexity index is 381. The number of hydrogen-bond donors (Lipinski definition) is 1. The third-order valence-corrected chi connectivity index (χ3v) is 3.63. The highest BCUT2D eigenvalue weighted by molar-refractivity contribution is 5.53. The van der Waals surface area contributed by atoms with Crippen LogP contribution in [0.3, 0.4) is 0 Å². The highest BCUT2D eigenvalue weighted by atomic mass is 16.5. The zero-order chi connectivity index (χ0) is 13.0. The topological polar surface area (TPSA) is 21.3 Å². The minimum absolute atomic E-state index is 0.238. The quantitative estimate of drug-likeness (QED) is 0.833. The lowest BCUT2D eigenvalue weighted by Gasteiger charge is -2.16. The van der Waals surface area contributed by atoms with Gasteiger partial charge in [0.05, 0.1) is 6.10 Å². The van der Waals surface area contributed by atoms with Crippen molar-refractivity contribution < 1.29 is 4.74 Å². The summed E-state index contributed by atoms with van der Waals surface area (Å²) in [5, 5.41) is 3.58. The predicted molar refractivity (Wildman–Crippen MR) is 77.4 cm³/mol. The summed E-state index contributed by atoms with van der Waals surface area (Å²) in [6.45, 7) is 7.37. The van der Waals surface area contributed by atoms with E-state index in [0.717, 1.165) is 18.2 Å². The summed E-state index contributed by atoms with van der Waals surface area (Å²) < 4.78 is 5.70. The van der Waals surface area contributed by atoms with Gasteiger partial charge in [-0.15, -0.1) is 0 Å². The Morgan fingerprint density at radius 1 is 1.28 bits per heavy atom. The van der Waals surface area contributed by atoms with E-state index in [1.165, 1.54) is 36.9 Å². The average Bonchev–Trinajstić information content (AvgIpc) is 2.80. The van der Waals surface area contributed by atoms with Gasteiger partial charge in [0, 0.05) is 12.2 Å². The molecule has 1 N–H and O–H groups in total. The van der Waals surface area contributed by atoms with E-state index < -0.39 is 0 Å². The van der Waals surface area contributed by atoms with Gasteiger partial charge >= 0.3 is 0 Å². The highest BCUT2D eigenvalue weighted by Gasteiger charge is 2.14. The van der Waals surface area contributed by atoms with Gasteiger partial charge in [-0.2, -0.15) is 0 Å². The van der Waals surface area contributed by atoms with Crippen LogP contribution in [0, 0.1) is 12.8 Å². The minimum Gasteiger partial charge on any atom is -0.491 e. The summed E-state index contributed by atoms with van der Waals surface area (Å²) in [5.41, 5.74) is 2.52. The third kappa shape index (κ3) is 3.66. The van der Waals surface area contributed by atoms with Crippen LogP contribution in [0.15, 0.2) is 18.2 Å². The first-order chi connectivity index (χ1) is 8.65. The molecule has 18 heavy (non-hydrogen) atoms. The predicted octanol–water partition coefficient (Wildman–Crippen LogP) is 4.38. The van der Waals surface area contributed by atoms with E-state index in [9.17, 15) is 0 Å². The van der Waals surface area contributed by atoms with Crippen LogP contribution in [-0.4, -0.2) is 12.6 Å². The van der Waals surface area contributed by atoms with Crippen molar-refractivity contribution in [1.29, 1.82) is 0 Å². The van der Waals surface area contributed by atoms with Gasteiger partial charge in [0.25, 0.3) is 0 Å². The Hall–Kier alpha value is -1.18. The van der Waals surface area contributed by atoms with E-state index >= 15 is 0 Å². The molecule has 0 heterocycles. The Labute approximate surface area is 111 Å². The Morgan fingerprint density at radius 2 is 2.00 bits per heavy atom. The van der Waals surface area contributed by atoms with Crippen molar-refractivity contribution >= 4 is 5.69 Å². The first-order valence-corrected chi connectivity index (χ1v) is 7.16. The van der Waals surface area contributed by atoms with E-state index in [0.29, 0.717) is 0 Å². The molecule has 0 unspecified atom stereocenters. The number of rotatable bonds is 5. The average molecular weight is 247 g/mol. The molecule has 100 valence electrons. The lowest BCUT2D eigenvalue weighted by Crippen LogP contribution is -2.12. The third-order valence-electron chi connectivity index (χ3n) is 3.63. The fourth-order valence-corrected chi connectivity index (χ4v) is 2.65. The molecule has 0 aliphatic heterocycles. The zero-order valence-corrected chi connectivity index (χ0v) is 11.8. The summed E-state index contributed by atoms with van der Waals surface area (Å²) in [7, 11) is 0. The molecule has 0 radical (unpaired) electrons. The first kappa shape index (κ1) is 13.3. The molecule has 2 nitrogen and oxygen atoms in total. The molecule has 0 saturated heterocycles. The number of ether oxygens (including phenoxy) is 1. The largest absolute Gasteiger partial charge is 0.491 e. The van der Waals surface area contributed by atoms with Crippen LogP contribution in [0.4, 0.5) is 5.69 Å². The summed E-state index contributed by atoms with van der Waals surface area (Å²) in [4.78, 5) is 0. The molecule has 0 spiro atoms. The molecule has 1 aliphatic rings. The van der Waals surface area contributed by atoms with Crippen molar-refractivity contribution in [3.05, 3.63) is 23.8 Å². The van der Waals surface area contributed by atoms with Crippen molar-refractivity contribution in [2.45, 2.75) is 52.6 Å². The first-order valence-electron chi connectivity index (χ1n) is 7.16. The van der Waals surface area contributed by atoms with E-state index in [-0.39, 0.29) is 6.10 Å². The molecule has 0 aromatic heterocycles. The summed E-state index contributed by atoms with van der Waals surface area (Å²) >= 11 is 0. The summed E-state index contributed by atoms with van der Waals surface area (Å²) in [5.74, 6) is 1.84. The Kier molecular flexibility index (Phi) is 4.51. The van der Waals surface area contributed by atoms with Crippen LogP contribution in [0.5, 0.6) is 5.75 Å². The van der Waals surface area contributed by atoms with Gasteiger partial charge in [0.2, 0.25) is 0 Å². The minimum atomic E-state index is 0.238. The molecule has 1 aliphatic carbocycles. The molecule has 0 amide bonds. The van der Waals surface area contributed by atoms with Gasteiger partial charge in [0.1, 0.15) is 5.75 Å². The summed E-state index contributed by atoms with van der Waals surface area (Å²) in [6, 6.07) is 6.32. The second-order valence-electron chi connectivity index (χ2n) is 5.67. The van der Waals surface area contributed by atoms with Gasteiger partial charge in [-0.3, -0.25) is 0 Å². The second kappa shape index (κ2) is 6.12. The molecule has 1 aromatic rings. The van der Waals surface area contributed by atoms with Crippen LogP contribution in [-0.2, 0) is 0 Å². The number of aryl methyl sites for hydroxylation is 1. The standard InChI is InChI=1S/C16H25NO/c1-12(2)18-15-8-9-16(13(3)10-15)17-11-14-6-4-5-7-14/h8-10,12,14,17H,4-7,11H2,1-3H3. The van der Waals surface area contributed by atoms with Gasteiger partial charge in [-0.1, -0.05) is 12.8 Å². The fourth-order valence-electron chi connectivity index (χ4n) is 2.65. The van der Waals surface area contributed by atoms with Crippen molar-refractivity contribution in [2.75, 3.05) is 11.9 Å². The van der Waals surface area contributed by atoms with Crippen molar-refractivity contribution in [2.24, 2.45) is 5.92 Å². The lowest BCUT2D eigenvalue weighted by molar-refractivity contribution is 0.242. The molecule has 0 atom stereocenters. The maximum absolute atomic E-state index is 5.70. The fraction of sp³-hybridized carbons (Fsp3) is 0.625. The Balaban J connectivity index is 1.92. The molecular weight excluding hydrogens is 222 g/mol. The SMILES string of the molecule is Cc1cc(OC(C)C)ccc1NCC1CCCC1. The highest BCUT2D eigenvalue weighted by Crippen LogP contribution is 2.27. The molecular formula is C16H25NO. The van der Waals surface area contributed by atoms with E-state index in [4.69, 9.17) is 4.74 Å². The number of benzene rings is 1. The maximum Gasteiger partial charge on any atom is 0.120 e. The van der Waals surface area contributed by atoms with Gasteiger partial charge < -0.3 is 10.1 Å². The van der Waals surface area contributed by atoms with Crippen molar-refractivity contribution in [3.8, 4) is 5.75 Å². The normalized spacial score (nSPS) is 16.2. The molecule has 1 fully saturated rings. The number of anilines is 1. The van der Waals surface area contributed by atoms with Gasteiger partial charge in [-0.25, -0.2) is 0 Å². The van der Waals surface area contributed by atoms with Crippen LogP contribution in [0.2, 0.25) is 0 Å². The van der Waals surface area contributed by atoms with E-state index in [2.05, 4.69) is 44.3 Å². The maximum atomic E-state index is 5.70. The van der Waals surface area contributed by atoms with Crippen LogP contribution in [0.25, 0.3) is 0 Å². The second-order valence-corrected chi connectivity index (χ2v) is 5.67. The van der Waals surface area contributed by atoms with Gasteiger partial charge in [-0.05, 0) is 63.3 Å². The zero-order valence-electron chi connectivity index (χ0n) is 11.8.